The molecule has 0 aliphatic rings. The van der Waals surface area contributed by atoms with E-state index < -0.39 is 0 Å². The lowest BCUT2D eigenvalue weighted by Gasteiger charge is -2.08. The van der Waals surface area contributed by atoms with Crippen LogP contribution in [0.2, 0.25) is 0 Å². The van der Waals surface area contributed by atoms with Crippen molar-refractivity contribution < 1.29 is 13.9 Å². The standard InChI is InChI=1S/C15H20FNO2/c1-12(2)19-9-8-18-11-13-5-6-15(16)14(10-13)4-3-7-17/h5-6,10,12H,7-9,11,17H2,1-2H3. The summed E-state index contributed by atoms with van der Waals surface area (Å²) in [7, 11) is 0. The summed E-state index contributed by atoms with van der Waals surface area (Å²) in [5, 5.41) is 0. The minimum Gasteiger partial charge on any atom is -0.376 e. The van der Waals surface area contributed by atoms with Crippen LogP contribution in [0.4, 0.5) is 4.39 Å². The van der Waals surface area contributed by atoms with Crippen molar-refractivity contribution in [1.82, 2.24) is 0 Å². The molecule has 19 heavy (non-hydrogen) atoms. The molecule has 0 heterocycles. The number of hydrogen-bond acceptors (Lipinski definition) is 3. The van der Waals surface area contributed by atoms with Crippen molar-refractivity contribution in [3.8, 4) is 11.8 Å². The fourth-order valence-corrected chi connectivity index (χ4v) is 1.44. The SMILES string of the molecule is CC(C)OCCOCc1ccc(F)c(C#CCN)c1. The van der Waals surface area contributed by atoms with Gasteiger partial charge in [0.05, 0.1) is 38.0 Å². The molecule has 0 saturated carbocycles. The summed E-state index contributed by atoms with van der Waals surface area (Å²) in [5.74, 6) is 5.00. The van der Waals surface area contributed by atoms with Crippen LogP contribution >= 0.6 is 0 Å². The molecule has 0 atom stereocenters. The van der Waals surface area contributed by atoms with E-state index in [4.69, 9.17) is 15.2 Å². The van der Waals surface area contributed by atoms with Crippen LogP contribution in [0, 0.1) is 17.7 Å². The summed E-state index contributed by atoms with van der Waals surface area (Å²) < 4.78 is 24.2. The number of benzene rings is 1. The monoisotopic (exact) mass is 265 g/mol. The van der Waals surface area contributed by atoms with Gasteiger partial charge in [-0.25, -0.2) is 4.39 Å². The maximum Gasteiger partial charge on any atom is 0.138 e. The van der Waals surface area contributed by atoms with Crippen molar-refractivity contribution in [2.45, 2.75) is 26.6 Å². The lowest BCUT2D eigenvalue weighted by atomic mass is 10.1. The van der Waals surface area contributed by atoms with Crippen molar-refractivity contribution in [1.29, 1.82) is 0 Å². The second-order valence-corrected chi connectivity index (χ2v) is 4.29. The average molecular weight is 265 g/mol. The van der Waals surface area contributed by atoms with Gasteiger partial charge >= 0.3 is 0 Å². The van der Waals surface area contributed by atoms with E-state index >= 15 is 0 Å². The number of ether oxygens (including phenoxy) is 2. The highest BCUT2D eigenvalue weighted by atomic mass is 19.1. The number of halogens is 1. The maximum atomic E-state index is 13.4. The third-order valence-electron chi connectivity index (χ3n) is 2.30. The van der Waals surface area contributed by atoms with E-state index in [0.29, 0.717) is 25.4 Å². The normalized spacial score (nSPS) is 10.4. The molecule has 0 aromatic heterocycles. The highest BCUT2D eigenvalue weighted by Gasteiger charge is 2.01. The molecule has 0 spiro atoms. The smallest absolute Gasteiger partial charge is 0.138 e. The Labute approximate surface area is 113 Å². The zero-order valence-corrected chi connectivity index (χ0v) is 11.4. The maximum absolute atomic E-state index is 13.4. The van der Waals surface area contributed by atoms with Crippen LogP contribution < -0.4 is 5.73 Å². The van der Waals surface area contributed by atoms with Gasteiger partial charge < -0.3 is 15.2 Å². The molecule has 4 heteroatoms. The van der Waals surface area contributed by atoms with Crippen molar-refractivity contribution in [2.75, 3.05) is 19.8 Å². The van der Waals surface area contributed by atoms with Gasteiger partial charge in [0.1, 0.15) is 5.82 Å². The van der Waals surface area contributed by atoms with Crippen molar-refractivity contribution >= 4 is 0 Å². The molecular weight excluding hydrogens is 245 g/mol. The molecule has 2 N–H and O–H groups in total. The van der Waals surface area contributed by atoms with Crippen LogP contribution in [0.5, 0.6) is 0 Å². The van der Waals surface area contributed by atoms with Crippen molar-refractivity contribution in [2.24, 2.45) is 5.73 Å². The summed E-state index contributed by atoms with van der Waals surface area (Å²) in [6, 6.07) is 4.76. The Morgan fingerprint density at radius 3 is 2.79 bits per heavy atom. The molecule has 0 saturated heterocycles. The van der Waals surface area contributed by atoms with Gasteiger partial charge in [0.25, 0.3) is 0 Å². The average Bonchev–Trinajstić information content (AvgIpc) is 2.38. The minimum absolute atomic E-state index is 0.201. The number of hydrogen-bond donors (Lipinski definition) is 1. The topological polar surface area (TPSA) is 44.5 Å². The molecular formula is C15H20FNO2. The first-order valence-corrected chi connectivity index (χ1v) is 6.30. The molecule has 0 unspecified atom stereocenters. The molecule has 0 radical (unpaired) electrons. The van der Waals surface area contributed by atoms with Crippen LogP contribution in [0.3, 0.4) is 0 Å². The van der Waals surface area contributed by atoms with Gasteiger partial charge in [0, 0.05) is 0 Å². The van der Waals surface area contributed by atoms with Crippen LogP contribution in [-0.4, -0.2) is 25.9 Å². The van der Waals surface area contributed by atoms with Crippen LogP contribution in [-0.2, 0) is 16.1 Å². The Morgan fingerprint density at radius 1 is 1.32 bits per heavy atom. The van der Waals surface area contributed by atoms with Gasteiger partial charge in [-0.05, 0) is 31.5 Å². The fraction of sp³-hybridized carbons (Fsp3) is 0.467. The molecule has 1 rings (SSSR count). The quantitative estimate of drug-likeness (QED) is 0.632. The van der Waals surface area contributed by atoms with Gasteiger partial charge in [-0.1, -0.05) is 17.9 Å². The summed E-state index contributed by atoms with van der Waals surface area (Å²) in [6.45, 7) is 5.65. The van der Waals surface area contributed by atoms with E-state index in [2.05, 4.69) is 11.8 Å². The molecule has 0 bridgehead atoms. The molecule has 104 valence electrons. The van der Waals surface area contributed by atoms with E-state index in [1.54, 1.807) is 12.1 Å². The zero-order chi connectivity index (χ0) is 14.1. The molecule has 0 aliphatic carbocycles. The Hall–Kier alpha value is -1.41. The van der Waals surface area contributed by atoms with E-state index in [-0.39, 0.29) is 18.5 Å². The van der Waals surface area contributed by atoms with E-state index in [0.717, 1.165) is 5.56 Å². The number of rotatable bonds is 6. The highest BCUT2D eigenvalue weighted by molar-refractivity contribution is 5.38. The van der Waals surface area contributed by atoms with Crippen molar-refractivity contribution in [3.63, 3.8) is 0 Å². The lowest BCUT2D eigenvalue weighted by Crippen LogP contribution is -2.09. The van der Waals surface area contributed by atoms with E-state index in [1.807, 2.05) is 13.8 Å². The number of nitrogens with two attached hydrogens (primary N) is 1. The first-order valence-electron chi connectivity index (χ1n) is 6.30. The van der Waals surface area contributed by atoms with Gasteiger partial charge in [-0.2, -0.15) is 0 Å². The summed E-state index contributed by atoms with van der Waals surface area (Å²) in [5.41, 5.74) is 6.50. The van der Waals surface area contributed by atoms with E-state index in [9.17, 15) is 4.39 Å². The Morgan fingerprint density at radius 2 is 2.11 bits per heavy atom. The van der Waals surface area contributed by atoms with Crippen LogP contribution in [0.25, 0.3) is 0 Å². The third kappa shape index (κ3) is 6.35. The van der Waals surface area contributed by atoms with Gasteiger partial charge in [-0.15, -0.1) is 0 Å². The molecule has 1 aromatic carbocycles. The van der Waals surface area contributed by atoms with Gasteiger partial charge in [0.15, 0.2) is 0 Å². The van der Waals surface area contributed by atoms with E-state index in [1.165, 1.54) is 6.07 Å². The predicted molar refractivity (Wildman–Crippen MR) is 73.1 cm³/mol. The molecule has 3 nitrogen and oxygen atoms in total. The summed E-state index contributed by atoms with van der Waals surface area (Å²) in [4.78, 5) is 0. The first-order chi connectivity index (χ1) is 9.13. The predicted octanol–water partition coefficient (Wildman–Crippen LogP) is 2.08. The zero-order valence-electron chi connectivity index (χ0n) is 11.4. The Bertz CT molecular complexity index is 449. The van der Waals surface area contributed by atoms with Gasteiger partial charge in [-0.3, -0.25) is 0 Å². The third-order valence-corrected chi connectivity index (χ3v) is 2.30. The van der Waals surface area contributed by atoms with Crippen molar-refractivity contribution in [3.05, 3.63) is 35.1 Å². The largest absolute Gasteiger partial charge is 0.376 e. The van der Waals surface area contributed by atoms with Crippen LogP contribution in [0.15, 0.2) is 18.2 Å². The molecule has 0 fully saturated rings. The second kappa shape index (κ2) is 8.65. The highest BCUT2D eigenvalue weighted by Crippen LogP contribution is 2.10. The summed E-state index contributed by atoms with van der Waals surface area (Å²) >= 11 is 0. The lowest BCUT2D eigenvalue weighted by molar-refractivity contribution is 0.0143. The second-order valence-electron chi connectivity index (χ2n) is 4.29. The summed E-state index contributed by atoms with van der Waals surface area (Å²) in [6.07, 6.45) is 0.201. The molecule has 0 amide bonds. The van der Waals surface area contributed by atoms with Gasteiger partial charge in [0.2, 0.25) is 0 Å². The fourth-order valence-electron chi connectivity index (χ4n) is 1.44. The molecule has 1 aromatic rings. The van der Waals surface area contributed by atoms with Crippen LogP contribution in [0.1, 0.15) is 25.0 Å². The molecule has 0 aliphatic heterocycles. The minimum atomic E-state index is -0.340. The Kier molecular flexibility index (Phi) is 7.12. The first kappa shape index (κ1) is 15.6. The Balaban J connectivity index is 2.46.